The fraction of sp³-hybridized carbons (Fsp3) is 0.261. The van der Waals surface area contributed by atoms with Crippen molar-refractivity contribution in [3.63, 3.8) is 0 Å². The molecule has 1 fully saturated rings. The summed E-state index contributed by atoms with van der Waals surface area (Å²) >= 11 is 0. The SMILES string of the molecule is Cc1nc(C(F)(F)F)c(-c2cc(C(=O)N3CC(c4ccc(C#N)cc4)C3)ccc2C)[nH]1. The summed E-state index contributed by atoms with van der Waals surface area (Å²) in [5.41, 5.74) is 1.77. The third kappa shape index (κ3) is 3.91. The number of alkyl halides is 3. The van der Waals surface area contributed by atoms with Crippen molar-refractivity contribution in [1.82, 2.24) is 14.9 Å². The monoisotopic (exact) mass is 424 g/mol. The van der Waals surface area contributed by atoms with E-state index < -0.39 is 11.9 Å². The first-order chi connectivity index (χ1) is 14.7. The van der Waals surface area contributed by atoms with Gasteiger partial charge in [-0.2, -0.15) is 18.4 Å². The minimum atomic E-state index is -4.60. The van der Waals surface area contributed by atoms with Gasteiger partial charge in [0.05, 0.1) is 17.3 Å². The first kappa shape index (κ1) is 20.7. The predicted molar refractivity (Wildman–Crippen MR) is 108 cm³/mol. The van der Waals surface area contributed by atoms with E-state index in [1.54, 1.807) is 36.1 Å². The Kier molecular flexibility index (Phi) is 5.05. The summed E-state index contributed by atoms with van der Waals surface area (Å²) in [6, 6.07) is 14.1. The number of aromatic amines is 1. The number of aromatic nitrogens is 2. The molecule has 0 unspecified atom stereocenters. The number of aryl methyl sites for hydroxylation is 2. The molecule has 0 saturated carbocycles. The molecule has 158 valence electrons. The molecular formula is C23H19F3N4O. The normalized spacial score (nSPS) is 14.3. The van der Waals surface area contributed by atoms with Crippen LogP contribution in [0.2, 0.25) is 0 Å². The summed E-state index contributed by atoms with van der Waals surface area (Å²) in [7, 11) is 0. The topological polar surface area (TPSA) is 72.8 Å². The van der Waals surface area contributed by atoms with Crippen LogP contribution in [0.4, 0.5) is 13.2 Å². The molecule has 5 nitrogen and oxygen atoms in total. The maximum Gasteiger partial charge on any atom is 0.435 e. The molecular weight excluding hydrogens is 405 g/mol. The number of imidazole rings is 1. The Morgan fingerprint density at radius 2 is 1.84 bits per heavy atom. The van der Waals surface area contributed by atoms with Crippen molar-refractivity contribution in [2.24, 2.45) is 0 Å². The summed E-state index contributed by atoms with van der Waals surface area (Å²) in [4.78, 5) is 20.9. The second-order valence-electron chi connectivity index (χ2n) is 7.71. The van der Waals surface area contributed by atoms with Gasteiger partial charge in [0.2, 0.25) is 0 Å². The van der Waals surface area contributed by atoms with Gasteiger partial charge in [0.15, 0.2) is 5.69 Å². The Morgan fingerprint density at radius 1 is 1.16 bits per heavy atom. The van der Waals surface area contributed by atoms with E-state index in [0.29, 0.717) is 35.3 Å². The van der Waals surface area contributed by atoms with Crippen molar-refractivity contribution >= 4 is 5.91 Å². The number of halogens is 3. The summed E-state index contributed by atoms with van der Waals surface area (Å²) < 4.78 is 40.2. The van der Waals surface area contributed by atoms with Crippen LogP contribution in [-0.2, 0) is 6.18 Å². The number of carbonyl (C=O) groups is 1. The molecule has 3 aromatic rings. The number of nitriles is 1. The Labute approximate surface area is 177 Å². The average molecular weight is 424 g/mol. The van der Waals surface area contributed by atoms with Gasteiger partial charge in [-0.05, 0) is 49.2 Å². The molecule has 0 atom stereocenters. The number of H-pyrrole nitrogens is 1. The van der Waals surface area contributed by atoms with Gasteiger partial charge in [0.25, 0.3) is 5.91 Å². The lowest BCUT2D eigenvalue weighted by Crippen LogP contribution is -2.48. The number of amides is 1. The average Bonchev–Trinajstić information content (AvgIpc) is 3.09. The lowest BCUT2D eigenvalue weighted by atomic mass is 9.90. The molecule has 0 bridgehead atoms. The standard InChI is InChI=1S/C23H19F3N4O/c1-13-3-6-17(9-19(13)20-21(23(24,25)26)29-14(2)28-20)22(31)30-11-18(12-30)16-7-4-15(10-27)5-8-16/h3-9,18H,11-12H2,1-2H3,(H,28,29). The molecule has 1 aromatic heterocycles. The Morgan fingerprint density at radius 3 is 2.45 bits per heavy atom. The van der Waals surface area contributed by atoms with E-state index in [1.807, 2.05) is 12.1 Å². The number of carbonyl (C=O) groups excluding carboxylic acids is 1. The number of rotatable bonds is 3. The van der Waals surface area contributed by atoms with Crippen molar-refractivity contribution in [3.8, 4) is 17.3 Å². The molecule has 0 spiro atoms. The maximum absolute atomic E-state index is 13.4. The molecule has 1 aliphatic rings. The van der Waals surface area contributed by atoms with Gasteiger partial charge in [0, 0.05) is 30.1 Å². The smallest absolute Gasteiger partial charge is 0.342 e. The van der Waals surface area contributed by atoms with E-state index in [4.69, 9.17) is 5.26 Å². The predicted octanol–water partition coefficient (Wildman–Crippen LogP) is 4.82. The molecule has 31 heavy (non-hydrogen) atoms. The van der Waals surface area contributed by atoms with Crippen LogP contribution in [0.15, 0.2) is 42.5 Å². The number of benzene rings is 2. The van der Waals surface area contributed by atoms with Crippen LogP contribution in [0, 0.1) is 25.2 Å². The molecule has 2 heterocycles. The van der Waals surface area contributed by atoms with Gasteiger partial charge in [-0.15, -0.1) is 0 Å². The molecule has 0 radical (unpaired) electrons. The summed E-state index contributed by atoms with van der Waals surface area (Å²) in [6.45, 7) is 4.20. The number of hydrogen-bond donors (Lipinski definition) is 1. The summed E-state index contributed by atoms with van der Waals surface area (Å²) in [5.74, 6) is 0.107. The number of nitrogens with zero attached hydrogens (tertiary/aromatic N) is 3. The van der Waals surface area contributed by atoms with Gasteiger partial charge in [-0.3, -0.25) is 4.79 Å². The van der Waals surface area contributed by atoms with E-state index >= 15 is 0 Å². The lowest BCUT2D eigenvalue weighted by Gasteiger charge is -2.39. The molecule has 1 N–H and O–H groups in total. The van der Waals surface area contributed by atoms with Gasteiger partial charge in [-0.1, -0.05) is 18.2 Å². The Bertz CT molecular complexity index is 1180. The highest BCUT2D eigenvalue weighted by molar-refractivity contribution is 5.96. The zero-order valence-corrected chi connectivity index (χ0v) is 16.9. The number of hydrogen-bond acceptors (Lipinski definition) is 3. The van der Waals surface area contributed by atoms with Crippen molar-refractivity contribution in [3.05, 3.63) is 76.2 Å². The third-order valence-corrected chi connectivity index (χ3v) is 5.52. The van der Waals surface area contributed by atoms with E-state index in [1.165, 1.54) is 13.0 Å². The molecule has 8 heteroatoms. The van der Waals surface area contributed by atoms with Crippen LogP contribution in [-0.4, -0.2) is 33.9 Å². The highest BCUT2D eigenvalue weighted by Crippen LogP contribution is 2.37. The van der Waals surface area contributed by atoms with E-state index in [0.717, 1.165) is 5.56 Å². The molecule has 1 aliphatic heterocycles. The highest BCUT2D eigenvalue weighted by atomic mass is 19.4. The van der Waals surface area contributed by atoms with Crippen molar-refractivity contribution in [2.75, 3.05) is 13.1 Å². The zero-order chi connectivity index (χ0) is 22.3. The fourth-order valence-electron chi connectivity index (χ4n) is 3.78. The number of nitrogens with one attached hydrogen (secondary N) is 1. The highest BCUT2D eigenvalue weighted by Gasteiger charge is 2.38. The maximum atomic E-state index is 13.4. The van der Waals surface area contributed by atoms with Crippen LogP contribution in [0.5, 0.6) is 0 Å². The lowest BCUT2D eigenvalue weighted by molar-refractivity contribution is -0.140. The van der Waals surface area contributed by atoms with E-state index in [2.05, 4.69) is 16.0 Å². The zero-order valence-electron chi connectivity index (χ0n) is 16.9. The van der Waals surface area contributed by atoms with Crippen LogP contribution in [0.25, 0.3) is 11.3 Å². The van der Waals surface area contributed by atoms with Gasteiger partial charge in [0.1, 0.15) is 5.82 Å². The third-order valence-electron chi connectivity index (χ3n) is 5.52. The van der Waals surface area contributed by atoms with Crippen LogP contribution in [0.3, 0.4) is 0 Å². The van der Waals surface area contributed by atoms with Crippen molar-refractivity contribution in [2.45, 2.75) is 25.9 Å². The van der Waals surface area contributed by atoms with Gasteiger partial charge in [-0.25, -0.2) is 4.98 Å². The molecule has 4 rings (SSSR count). The first-order valence-corrected chi connectivity index (χ1v) is 9.71. The largest absolute Gasteiger partial charge is 0.435 e. The summed E-state index contributed by atoms with van der Waals surface area (Å²) in [5, 5.41) is 8.89. The van der Waals surface area contributed by atoms with E-state index in [-0.39, 0.29) is 23.3 Å². The minimum absolute atomic E-state index is 0.129. The van der Waals surface area contributed by atoms with E-state index in [9.17, 15) is 18.0 Å². The van der Waals surface area contributed by atoms with Gasteiger partial charge >= 0.3 is 6.18 Å². The van der Waals surface area contributed by atoms with Gasteiger partial charge < -0.3 is 9.88 Å². The van der Waals surface area contributed by atoms with Crippen LogP contribution >= 0.6 is 0 Å². The molecule has 1 saturated heterocycles. The van der Waals surface area contributed by atoms with Crippen molar-refractivity contribution in [1.29, 1.82) is 5.26 Å². The second kappa shape index (κ2) is 7.58. The minimum Gasteiger partial charge on any atom is -0.342 e. The van der Waals surface area contributed by atoms with Crippen molar-refractivity contribution < 1.29 is 18.0 Å². The molecule has 0 aliphatic carbocycles. The first-order valence-electron chi connectivity index (χ1n) is 9.71. The molecule has 1 amide bonds. The Balaban J connectivity index is 1.56. The molecule has 2 aromatic carbocycles. The second-order valence-corrected chi connectivity index (χ2v) is 7.71. The summed E-state index contributed by atoms with van der Waals surface area (Å²) in [6.07, 6.45) is -4.60. The van der Waals surface area contributed by atoms with Crippen LogP contribution < -0.4 is 0 Å². The quantitative estimate of drug-likeness (QED) is 0.655. The number of likely N-dealkylation sites (tertiary alicyclic amines) is 1. The Hall–Kier alpha value is -3.60. The van der Waals surface area contributed by atoms with Crippen LogP contribution in [0.1, 0.15) is 44.5 Å². The fourth-order valence-corrected chi connectivity index (χ4v) is 3.78.